The van der Waals surface area contributed by atoms with Crippen molar-refractivity contribution in [2.75, 3.05) is 26.3 Å². The van der Waals surface area contributed by atoms with Gasteiger partial charge in [0.25, 0.3) is 5.91 Å². The van der Waals surface area contributed by atoms with Crippen LogP contribution in [0.2, 0.25) is 0 Å². The van der Waals surface area contributed by atoms with Crippen LogP contribution in [0.25, 0.3) is 0 Å². The van der Waals surface area contributed by atoms with E-state index in [2.05, 4.69) is 18.8 Å². The number of likely N-dealkylation sites (tertiary alicyclic amines) is 1. The molecule has 2 fully saturated rings. The van der Waals surface area contributed by atoms with Gasteiger partial charge >= 0.3 is 0 Å². The normalized spacial score (nSPS) is 21.0. The molecule has 0 spiro atoms. The Morgan fingerprint density at radius 1 is 1.35 bits per heavy atom. The topological polar surface area (TPSA) is 51.7 Å². The number of amides is 1. The molecule has 1 amide bonds. The van der Waals surface area contributed by atoms with Gasteiger partial charge in [-0.05, 0) is 37.2 Å². The predicted octanol–water partition coefficient (Wildman–Crippen LogP) is 2.76. The van der Waals surface area contributed by atoms with Crippen LogP contribution in [0, 0.1) is 11.8 Å². The number of hydrogen-bond acceptors (Lipinski definition) is 4. The molecule has 1 aromatic heterocycles. The quantitative estimate of drug-likeness (QED) is 0.776. The van der Waals surface area contributed by atoms with Crippen LogP contribution in [0.3, 0.4) is 0 Å². The number of rotatable bonds is 7. The van der Waals surface area contributed by atoms with Crippen molar-refractivity contribution in [3.8, 4) is 5.88 Å². The van der Waals surface area contributed by atoms with E-state index < -0.39 is 0 Å². The van der Waals surface area contributed by atoms with Gasteiger partial charge < -0.3 is 14.4 Å². The van der Waals surface area contributed by atoms with Crippen LogP contribution in [0.1, 0.15) is 43.5 Å². The molecule has 1 saturated carbocycles. The molecule has 1 aliphatic carbocycles. The van der Waals surface area contributed by atoms with Gasteiger partial charge in [-0.15, -0.1) is 0 Å². The zero-order valence-electron chi connectivity index (χ0n) is 14.0. The Bertz CT molecular complexity index is 526. The molecule has 126 valence electrons. The zero-order chi connectivity index (χ0) is 16.2. The molecule has 1 saturated heterocycles. The van der Waals surface area contributed by atoms with E-state index in [1.807, 2.05) is 4.90 Å². The second-order valence-electron chi connectivity index (χ2n) is 7.03. The summed E-state index contributed by atoms with van der Waals surface area (Å²) in [7, 11) is 0. The first-order valence-electron chi connectivity index (χ1n) is 8.61. The number of carbonyl (C=O) groups is 1. The monoisotopic (exact) mass is 318 g/mol. The lowest BCUT2D eigenvalue weighted by molar-refractivity contribution is 0.0480. The van der Waals surface area contributed by atoms with E-state index in [1.54, 1.807) is 18.3 Å². The molecule has 0 bridgehead atoms. The first kappa shape index (κ1) is 16.2. The molecule has 1 atom stereocenters. The van der Waals surface area contributed by atoms with Gasteiger partial charge in [0, 0.05) is 32.0 Å². The zero-order valence-corrected chi connectivity index (χ0v) is 14.0. The number of ether oxygens (including phenoxy) is 2. The van der Waals surface area contributed by atoms with Crippen LogP contribution in [-0.4, -0.2) is 48.2 Å². The van der Waals surface area contributed by atoms with E-state index in [1.165, 1.54) is 12.8 Å². The summed E-state index contributed by atoms with van der Waals surface area (Å²) < 4.78 is 11.4. The lowest BCUT2D eigenvalue weighted by Crippen LogP contribution is -2.30. The van der Waals surface area contributed by atoms with Crippen LogP contribution < -0.4 is 4.74 Å². The average molecular weight is 318 g/mol. The Hall–Kier alpha value is -1.62. The minimum absolute atomic E-state index is 0.0328. The first-order chi connectivity index (χ1) is 11.1. The van der Waals surface area contributed by atoms with Crippen molar-refractivity contribution in [2.24, 2.45) is 11.8 Å². The molecule has 0 N–H and O–H groups in total. The predicted molar refractivity (Wildman–Crippen MR) is 87.6 cm³/mol. The van der Waals surface area contributed by atoms with E-state index in [-0.39, 0.29) is 12.0 Å². The lowest BCUT2D eigenvalue weighted by atomic mass is 10.2. The minimum Gasteiger partial charge on any atom is -0.477 e. The summed E-state index contributed by atoms with van der Waals surface area (Å²) in [6.07, 6.45) is 5.33. The molecule has 5 nitrogen and oxygen atoms in total. The fourth-order valence-corrected chi connectivity index (χ4v) is 2.63. The van der Waals surface area contributed by atoms with Gasteiger partial charge in [-0.1, -0.05) is 13.8 Å². The summed E-state index contributed by atoms with van der Waals surface area (Å²) in [6.45, 7) is 7.12. The van der Waals surface area contributed by atoms with Gasteiger partial charge in [0.2, 0.25) is 5.88 Å². The minimum atomic E-state index is 0.0328. The number of carbonyl (C=O) groups excluding carboxylic acids is 1. The fraction of sp³-hybridized carbons (Fsp3) is 0.667. The molecule has 23 heavy (non-hydrogen) atoms. The average Bonchev–Trinajstić information content (AvgIpc) is 3.27. The number of nitrogens with zero attached hydrogens (tertiary/aromatic N) is 2. The van der Waals surface area contributed by atoms with Crippen molar-refractivity contribution in [3.63, 3.8) is 0 Å². The molecule has 1 aliphatic heterocycles. The standard InChI is InChI=1S/C18H26N2O3/c1-13(2)11-23-17-6-5-15(9-19-17)18(21)20-8-7-16(10-20)22-12-14-3-4-14/h5-6,9,13-14,16H,3-4,7-8,10-12H2,1-2H3. The van der Waals surface area contributed by atoms with E-state index in [4.69, 9.17) is 9.47 Å². The largest absolute Gasteiger partial charge is 0.477 e. The fourth-order valence-electron chi connectivity index (χ4n) is 2.63. The number of aromatic nitrogens is 1. The van der Waals surface area contributed by atoms with Crippen molar-refractivity contribution in [1.82, 2.24) is 9.88 Å². The van der Waals surface area contributed by atoms with Gasteiger partial charge in [0.15, 0.2) is 0 Å². The Labute approximate surface area is 138 Å². The molecule has 2 aliphatic rings. The van der Waals surface area contributed by atoms with Crippen molar-refractivity contribution >= 4 is 5.91 Å². The molecular weight excluding hydrogens is 292 g/mol. The third kappa shape index (κ3) is 4.67. The van der Waals surface area contributed by atoms with Crippen molar-refractivity contribution < 1.29 is 14.3 Å². The molecule has 1 aromatic rings. The van der Waals surface area contributed by atoms with Crippen LogP contribution in [-0.2, 0) is 4.74 Å². The second-order valence-corrected chi connectivity index (χ2v) is 7.03. The maximum Gasteiger partial charge on any atom is 0.255 e. The van der Waals surface area contributed by atoms with Crippen LogP contribution >= 0.6 is 0 Å². The third-order valence-electron chi connectivity index (χ3n) is 4.24. The van der Waals surface area contributed by atoms with Crippen molar-refractivity contribution in [1.29, 1.82) is 0 Å². The number of pyridine rings is 1. The van der Waals surface area contributed by atoms with Gasteiger partial charge in [-0.3, -0.25) is 4.79 Å². The Balaban J connectivity index is 1.49. The summed E-state index contributed by atoms with van der Waals surface area (Å²) in [5, 5.41) is 0. The molecule has 3 rings (SSSR count). The maximum atomic E-state index is 12.5. The first-order valence-corrected chi connectivity index (χ1v) is 8.61. The van der Waals surface area contributed by atoms with Crippen LogP contribution in [0.15, 0.2) is 18.3 Å². The molecule has 0 aromatic carbocycles. The summed E-state index contributed by atoms with van der Waals surface area (Å²) >= 11 is 0. The Morgan fingerprint density at radius 2 is 2.17 bits per heavy atom. The summed E-state index contributed by atoms with van der Waals surface area (Å²) in [4.78, 5) is 18.6. The molecule has 1 unspecified atom stereocenters. The van der Waals surface area contributed by atoms with Crippen LogP contribution in [0.5, 0.6) is 5.88 Å². The molecule has 5 heteroatoms. The highest BCUT2D eigenvalue weighted by Crippen LogP contribution is 2.30. The summed E-state index contributed by atoms with van der Waals surface area (Å²) in [5.41, 5.74) is 0.615. The van der Waals surface area contributed by atoms with Crippen molar-refractivity contribution in [3.05, 3.63) is 23.9 Å². The lowest BCUT2D eigenvalue weighted by Gasteiger charge is -2.17. The Kier molecular flexibility index (Phi) is 5.16. The van der Waals surface area contributed by atoms with Gasteiger partial charge in [-0.25, -0.2) is 4.98 Å². The third-order valence-corrected chi connectivity index (χ3v) is 4.24. The van der Waals surface area contributed by atoms with Crippen LogP contribution in [0.4, 0.5) is 0 Å². The van der Waals surface area contributed by atoms with Crippen molar-refractivity contribution in [2.45, 2.75) is 39.2 Å². The van der Waals surface area contributed by atoms with E-state index in [0.29, 0.717) is 30.5 Å². The molecule has 2 heterocycles. The van der Waals surface area contributed by atoms with Gasteiger partial charge in [0.05, 0.1) is 18.3 Å². The highest BCUT2D eigenvalue weighted by molar-refractivity contribution is 5.94. The van der Waals surface area contributed by atoms with E-state index >= 15 is 0 Å². The van der Waals surface area contributed by atoms with Gasteiger partial charge in [0.1, 0.15) is 0 Å². The van der Waals surface area contributed by atoms with E-state index in [9.17, 15) is 4.79 Å². The Morgan fingerprint density at radius 3 is 2.83 bits per heavy atom. The number of hydrogen-bond donors (Lipinski definition) is 0. The SMILES string of the molecule is CC(C)COc1ccc(C(=O)N2CCC(OCC3CC3)C2)cn1. The summed E-state index contributed by atoms with van der Waals surface area (Å²) in [6, 6.07) is 3.57. The smallest absolute Gasteiger partial charge is 0.255 e. The highest BCUT2D eigenvalue weighted by Gasteiger charge is 2.30. The van der Waals surface area contributed by atoms with Gasteiger partial charge in [-0.2, -0.15) is 0 Å². The molecular formula is C18H26N2O3. The van der Waals surface area contributed by atoms with E-state index in [0.717, 1.165) is 25.5 Å². The maximum absolute atomic E-state index is 12.5. The highest BCUT2D eigenvalue weighted by atomic mass is 16.5. The summed E-state index contributed by atoms with van der Waals surface area (Å²) in [5.74, 6) is 1.82. The molecule has 0 radical (unpaired) electrons. The second kappa shape index (κ2) is 7.30.